The predicted octanol–water partition coefficient (Wildman–Crippen LogP) is 4.68. The van der Waals surface area contributed by atoms with Crippen LogP contribution < -0.4 is 20.1 Å². The van der Waals surface area contributed by atoms with Crippen molar-refractivity contribution in [3.63, 3.8) is 0 Å². The fraction of sp³-hybridized carbons (Fsp3) is 0.200. The topological polar surface area (TPSA) is 68.3 Å². The van der Waals surface area contributed by atoms with Gasteiger partial charge in [0.2, 0.25) is 0 Å². The summed E-state index contributed by atoms with van der Waals surface area (Å²) in [7, 11) is 1.64. The highest BCUT2D eigenvalue weighted by Gasteiger charge is 2.03. The van der Waals surface area contributed by atoms with Gasteiger partial charge in [0.05, 0.1) is 13.7 Å². The number of methoxy groups -OCH3 is 1. The van der Waals surface area contributed by atoms with Crippen LogP contribution in [-0.2, 0) is 0 Å². The molecule has 1 heterocycles. The molecule has 0 unspecified atom stereocenters. The van der Waals surface area contributed by atoms with Gasteiger partial charge in [-0.2, -0.15) is 0 Å². The number of hydrogen-bond donors (Lipinski definition) is 2. The summed E-state index contributed by atoms with van der Waals surface area (Å²) in [4.78, 5) is 8.48. The molecule has 6 nitrogen and oxygen atoms in total. The van der Waals surface area contributed by atoms with Crippen LogP contribution in [-0.4, -0.2) is 30.2 Å². The Morgan fingerprint density at radius 1 is 0.963 bits per heavy atom. The lowest BCUT2D eigenvalue weighted by Gasteiger charge is -2.11. The normalized spacial score (nSPS) is 10.3. The fourth-order valence-corrected chi connectivity index (χ4v) is 2.58. The lowest BCUT2D eigenvalue weighted by molar-refractivity contribution is 0.331. The van der Waals surface area contributed by atoms with E-state index >= 15 is 0 Å². The van der Waals surface area contributed by atoms with Crippen LogP contribution in [0.3, 0.4) is 0 Å². The molecule has 0 aliphatic rings. The van der Waals surface area contributed by atoms with E-state index in [0.717, 1.165) is 22.7 Å². The molecule has 0 bridgehead atoms. The maximum atomic E-state index is 6.06. The minimum absolute atomic E-state index is 0.506. The van der Waals surface area contributed by atoms with Gasteiger partial charge in [0, 0.05) is 16.8 Å². The third kappa shape index (κ3) is 5.49. The maximum absolute atomic E-state index is 6.06. The number of aryl methyl sites for hydroxylation is 1. The number of nitrogens with zero attached hydrogens (tertiary/aromatic N) is 2. The zero-order valence-electron chi connectivity index (χ0n) is 15.2. The highest BCUT2D eigenvalue weighted by molar-refractivity contribution is 6.30. The molecular formula is C20H21ClN4O2. The first-order chi connectivity index (χ1) is 13.1. The van der Waals surface area contributed by atoms with Gasteiger partial charge in [0.25, 0.3) is 0 Å². The quantitative estimate of drug-likeness (QED) is 0.549. The van der Waals surface area contributed by atoms with Crippen molar-refractivity contribution in [2.24, 2.45) is 0 Å². The number of hydrogen-bond acceptors (Lipinski definition) is 6. The second-order valence-electron chi connectivity index (χ2n) is 5.82. The number of rotatable bonds is 8. The van der Waals surface area contributed by atoms with E-state index in [0.29, 0.717) is 29.8 Å². The van der Waals surface area contributed by atoms with E-state index in [9.17, 15) is 0 Å². The highest BCUT2D eigenvalue weighted by atomic mass is 35.5. The van der Waals surface area contributed by atoms with E-state index in [2.05, 4.69) is 20.6 Å². The Balaban J connectivity index is 1.52. The number of aromatic nitrogens is 2. The van der Waals surface area contributed by atoms with Gasteiger partial charge in [0.15, 0.2) is 0 Å². The first kappa shape index (κ1) is 18.8. The first-order valence-electron chi connectivity index (χ1n) is 8.50. The lowest BCUT2D eigenvalue weighted by Crippen LogP contribution is -2.12. The number of nitrogens with one attached hydrogen (secondary N) is 2. The summed E-state index contributed by atoms with van der Waals surface area (Å²) < 4.78 is 10.8. The Hall–Kier alpha value is -2.99. The number of halogens is 1. The van der Waals surface area contributed by atoms with Crippen LogP contribution >= 0.6 is 11.6 Å². The largest absolute Gasteiger partial charge is 0.497 e. The van der Waals surface area contributed by atoms with Gasteiger partial charge in [-0.15, -0.1) is 0 Å². The molecule has 0 atom stereocenters. The molecule has 0 spiro atoms. The van der Waals surface area contributed by atoms with Gasteiger partial charge >= 0.3 is 0 Å². The van der Waals surface area contributed by atoms with Crippen LogP contribution in [0.4, 0.5) is 17.3 Å². The van der Waals surface area contributed by atoms with E-state index in [1.54, 1.807) is 7.11 Å². The van der Waals surface area contributed by atoms with Gasteiger partial charge in [-0.1, -0.05) is 17.7 Å². The van der Waals surface area contributed by atoms with E-state index in [-0.39, 0.29) is 0 Å². The molecule has 3 rings (SSSR count). The average molecular weight is 385 g/mol. The van der Waals surface area contributed by atoms with Crippen LogP contribution in [0.1, 0.15) is 5.56 Å². The standard InChI is InChI=1S/C20H21ClN4O2/c1-14-3-4-15(21)11-18(14)25-20-12-19(23-13-24-20)22-9-10-27-17-7-5-16(26-2)6-8-17/h3-8,11-13H,9-10H2,1-2H3,(H2,22,23,24,25). The molecule has 3 aromatic rings. The van der Waals surface area contributed by atoms with Crippen molar-refractivity contribution in [3.8, 4) is 11.5 Å². The molecule has 27 heavy (non-hydrogen) atoms. The third-order valence-electron chi connectivity index (χ3n) is 3.87. The zero-order valence-corrected chi connectivity index (χ0v) is 16.0. The van der Waals surface area contributed by atoms with Gasteiger partial charge in [-0.25, -0.2) is 9.97 Å². The summed E-state index contributed by atoms with van der Waals surface area (Å²) in [6.45, 7) is 3.13. The molecule has 0 aliphatic heterocycles. The Bertz CT molecular complexity index is 887. The zero-order chi connectivity index (χ0) is 19.1. The molecule has 0 radical (unpaired) electrons. The molecule has 7 heteroatoms. The van der Waals surface area contributed by atoms with Crippen LogP contribution in [0, 0.1) is 6.92 Å². The summed E-state index contributed by atoms with van der Waals surface area (Å²) in [5, 5.41) is 7.16. The van der Waals surface area contributed by atoms with Crippen molar-refractivity contribution in [3.05, 3.63) is 65.4 Å². The summed E-state index contributed by atoms with van der Waals surface area (Å²) in [6.07, 6.45) is 1.51. The highest BCUT2D eigenvalue weighted by Crippen LogP contribution is 2.24. The lowest BCUT2D eigenvalue weighted by atomic mass is 10.2. The number of benzene rings is 2. The van der Waals surface area contributed by atoms with Crippen molar-refractivity contribution in [1.82, 2.24) is 9.97 Å². The monoisotopic (exact) mass is 384 g/mol. The molecular weight excluding hydrogens is 364 g/mol. The third-order valence-corrected chi connectivity index (χ3v) is 4.10. The molecule has 0 saturated carbocycles. The van der Waals surface area contributed by atoms with Crippen LogP contribution in [0.5, 0.6) is 11.5 Å². The van der Waals surface area contributed by atoms with Gasteiger partial charge in [-0.05, 0) is 48.9 Å². The molecule has 0 aliphatic carbocycles. The molecule has 0 saturated heterocycles. The Kier molecular flexibility index (Phi) is 6.33. The Labute approximate surface area is 163 Å². The number of anilines is 3. The Morgan fingerprint density at radius 2 is 1.70 bits per heavy atom. The van der Waals surface area contributed by atoms with Crippen LogP contribution in [0.25, 0.3) is 0 Å². The molecule has 2 N–H and O–H groups in total. The Morgan fingerprint density at radius 3 is 2.48 bits per heavy atom. The average Bonchev–Trinajstić information content (AvgIpc) is 2.69. The van der Waals surface area contributed by atoms with Crippen LogP contribution in [0.2, 0.25) is 5.02 Å². The smallest absolute Gasteiger partial charge is 0.135 e. The fourth-order valence-electron chi connectivity index (χ4n) is 2.41. The van der Waals surface area contributed by atoms with Crippen molar-refractivity contribution in [2.75, 3.05) is 30.9 Å². The molecule has 2 aromatic carbocycles. The molecule has 1 aromatic heterocycles. The van der Waals surface area contributed by atoms with E-state index in [1.807, 2.05) is 55.5 Å². The van der Waals surface area contributed by atoms with E-state index in [1.165, 1.54) is 6.33 Å². The molecule has 140 valence electrons. The first-order valence-corrected chi connectivity index (χ1v) is 8.88. The summed E-state index contributed by atoms with van der Waals surface area (Å²) >= 11 is 6.06. The molecule has 0 amide bonds. The second kappa shape index (κ2) is 9.09. The van der Waals surface area contributed by atoms with Crippen molar-refractivity contribution < 1.29 is 9.47 Å². The SMILES string of the molecule is COc1ccc(OCCNc2cc(Nc3cc(Cl)ccc3C)ncn2)cc1. The summed E-state index contributed by atoms with van der Waals surface area (Å²) in [5.41, 5.74) is 2.00. The minimum Gasteiger partial charge on any atom is -0.497 e. The van der Waals surface area contributed by atoms with Gasteiger partial charge in [0.1, 0.15) is 36.1 Å². The van der Waals surface area contributed by atoms with Gasteiger partial charge in [-0.3, -0.25) is 0 Å². The summed E-state index contributed by atoms with van der Waals surface area (Å²) in [6, 6.07) is 15.0. The minimum atomic E-state index is 0.506. The summed E-state index contributed by atoms with van der Waals surface area (Å²) in [5.74, 6) is 3.00. The predicted molar refractivity (Wildman–Crippen MR) is 108 cm³/mol. The van der Waals surface area contributed by atoms with E-state index < -0.39 is 0 Å². The van der Waals surface area contributed by atoms with Crippen molar-refractivity contribution >= 4 is 28.9 Å². The van der Waals surface area contributed by atoms with Crippen molar-refractivity contribution in [2.45, 2.75) is 6.92 Å². The molecule has 0 fully saturated rings. The van der Waals surface area contributed by atoms with E-state index in [4.69, 9.17) is 21.1 Å². The number of ether oxygens (including phenoxy) is 2. The van der Waals surface area contributed by atoms with Crippen molar-refractivity contribution in [1.29, 1.82) is 0 Å². The second-order valence-corrected chi connectivity index (χ2v) is 6.26. The maximum Gasteiger partial charge on any atom is 0.135 e. The van der Waals surface area contributed by atoms with Crippen LogP contribution in [0.15, 0.2) is 54.9 Å². The van der Waals surface area contributed by atoms with Gasteiger partial charge < -0.3 is 20.1 Å².